The van der Waals surface area contributed by atoms with E-state index in [1.807, 2.05) is 31.3 Å². The minimum absolute atomic E-state index is 0.0847. The third-order valence-corrected chi connectivity index (χ3v) is 5.56. The van der Waals surface area contributed by atoms with Gasteiger partial charge in [-0.1, -0.05) is 6.92 Å². The van der Waals surface area contributed by atoms with Crippen molar-refractivity contribution in [2.24, 2.45) is 5.92 Å². The lowest BCUT2D eigenvalue weighted by Gasteiger charge is -2.11. The van der Waals surface area contributed by atoms with Crippen molar-refractivity contribution in [1.29, 1.82) is 0 Å². The third kappa shape index (κ3) is 6.53. The molecule has 0 saturated heterocycles. The summed E-state index contributed by atoms with van der Waals surface area (Å²) in [5, 5.41) is 9.11. The van der Waals surface area contributed by atoms with Crippen molar-refractivity contribution in [3.05, 3.63) is 41.2 Å². The molecule has 0 radical (unpaired) electrons. The topological polar surface area (TPSA) is 101 Å². The highest BCUT2D eigenvalue weighted by atomic mass is 32.1. The molecule has 1 atom stereocenters. The van der Waals surface area contributed by atoms with Crippen LogP contribution in [0.25, 0.3) is 11.4 Å². The van der Waals surface area contributed by atoms with Crippen molar-refractivity contribution in [2.75, 3.05) is 32.7 Å². The summed E-state index contributed by atoms with van der Waals surface area (Å²) in [6, 6.07) is 5.91. The minimum Gasteiger partial charge on any atom is -0.496 e. The van der Waals surface area contributed by atoms with Gasteiger partial charge in [-0.05, 0) is 37.8 Å². The zero-order valence-corrected chi connectivity index (χ0v) is 19.1. The molecule has 166 valence electrons. The van der Waals surface area contributed by atoms with Crippen molar-refractivity contribution in [1.82, 2.24) is 20.3 Å². The average molecular weight is 444 g/mol. The summed E-state index contributed by atoms with van der Waals surface area (Å²) < 4.78 is 10.4. The van der Waals surface area contributed by atoms with Crippen LogP contribution in [-0.4, -0.2) is 48.2 Å². The minimum atomic E-state index is -0.0847. The number of anilines is 2. The van der Waals surface area contributed by atoms with E-state index in [2.05, 4.69) is 32.9 Å². The lowest BCUT2D eigenvalue weighted by atomic mass is 10.0. The molecule has 0 spiro atoms. The van der Waals surface area contributed by atoms with Crippen molar-refractivity contribution >= 4 is 28.1 Å². The van der Waals surface area contributed by atoms with Gasteiger partial charge in [0.2, 0.25) is 5.91 Å². The maximum atomic E-state index is 11.4. The maximum absolute atomic E-state index is 11.4. The molecule has 0 aliphatic rings. The smallest absolute Gasteiger partial charge is 0.245 e. The van der Waals surface area contributed by atoms with E-state index >= 15 is 0 Å². The number of carbonyl (C=O) groups is 1. The van der Waals surface area contributed by atoms with Crippen LogP contribution in [0, 0.1) is 12.8 Å². The number of methoxy groups -OCH3 is 2. The van der Waals surface area contributed by atoms with Gasteiger partial charge < -0.3 is 25.1 Å². The van der Waals surface area contributed by atoms with Crippen molar-refractivity contribution in [3.8, 4) is 17.1 Å². The van der Waals surface area contributed by atoms with Gasteiger partial charge in [0, 0.05) is 37.0 Å². The van der Waals surface area contributed by atoms with E-state index < -0.39 is 0 Å². The molecule has 0 aliphatic heterocycles. The Labute approximate surface area is 186 Å². The molecule has 1 amide bonds. The molecule has 0 fully saturated rings. The third-order valence-electron chi connectivity index (χ3n) is 4.76. The molecule has 2 aromatic heterocycles. The first kappa shape index (κ1) is 22.8. The summed E-state index contributed by atoms with van der Waals surface area (Å²) in [6.07, 6.45) is 3.62. The van der Waals surface area contributed by atoms with Gasteiger partial charge in [-0.2, -0.15) is 0 Å². The first-order chi connectivity index (χ1) is 15.0. The van der Waals surface area contributed by atoms with Crippen LogP contribution in [0.2, 0.25) is 0 Å². The number of thiazole rings is 1. The van der Waals surface area contributed by atoms with E-state index in [1.165, 1.54) is 7.11 Å². The second-order valence-corrected chi connectivity index (χ2v) is 8.31. The Kier molecular flexibility index (Phi) is 8.02. The number of H-pyrrole nitrogens is 1. The van der Waals surface area contributed by atoms with Crippen molar-refractivity contribution < 1.29 is 14.3 Å². The Morgan fingerprint density at radius 3 is 2.84 bits per heavy atom. The van der Waals surface area contributed by atoms with E-state index in [0.717, 1.165) is 52.2 Å². The molecule has 2 heterocycles. The number of amides is 1. The number of rotatable bonds is 11. The molecular weight excluding hydrogens is 414 g/mol. The summed E-state index contributed by atoms with van der Waals surface area (Å²) >= 11 is 1.57. The molecule has 3 rings (SSSR count). The molecular formula is C22H29N5O3S. The number of hydrogen-bond donors (Lipinski definition) is 3. The molecule has 0 unspecified atom stereocenters. The maximum Gasteiger partial charge on any atom is 0.245 e. The van der Waals surface area contributed by atoms with Crippen LogP contribution in [0.15, 0.2) is 29.8 Å². The van der Waals surface area contributed by atoms with Gasteiger partial charge in [0.1, 0.15) is 18.2 Å². The number of ether oxygens (including phenoxy) is 2. The molecule has 1 aromatic carbocycles. The van der Waals surface area contributed by atoms with Gasteiger partial charge in [-0.3, -0.25) is 4.79 Å². The Morgan fingerprint density at radius 2 is 2.13 bits per heavy atom. The van der Waals surface area contributed by atoms with Gasteiger partial charge in [0.25, 0.3) is 0 Å². The highest BCUT2D eigenvalue weighted by molar-refractivity contribution is 7.13. The summed E-state index contributed by atoms with van der Waals surface area (Å²) in [5.74, 6) is 1.84. The molecule has 0 aliphatic carbocycles. The molecule has 8 nitrogen and oxygen atoms in total. The predicted octanol–water partition coefficient (Wildman–Crippen LogP) is 3.93. The summed E-state index contributed by atoms with van der Waals surface area (Å²) in [4.78, 5) is 23.8. The number of aromatic nitrogens is 3. The highest BCUT2D eigenvalue weighted by Gasteiger charge is 2.12. The Hall–Kier alpha value is -2.91. The van der Waals surface area contributed by atoms with Crippen LogP contribution in [-0.2, 0) is 16.0 Å². The SMILES string of the molecule is COCC(=O)NCC[C@H](C)Cc1csc(Nc2ccc(-c3nc(C)c[nH]3)c(OC)c2)n1. The molecule has 3 N–H and O–H groups in total. The van der Waals surface area contributed by atoms with Crippen LogP contribution in [0.1, 0.15) is 24.7 Å². The van der Waals surface area contributed by atoms with Gasteiger partial charge in [0.05, 0.1) is 24.1 Å². The van der Waals surface area contributed by atoms with Gasteiger partial charge >= 0.3 is 0 Å². The first-order valence-corrected chi connectivity index (χ1v) is 11.0. The zero-order chi connectivity index (χ0) is 22.2. The fourth-order valence-electron chi connectivity index (χ4n) is 3.20. The van der Waals surface area contributed by atoms with E-state index in [-0.39, 0.29) is 12.5 Å². The molecule has 9 heteroatoms. The second-order valence-electron chi connectivity index (χ2n) is 7.46. The number of aromatic amines is 1. The molecule has 0 saturated carbocycles. The van der Waals surface area contributed by atoms with Gasteiger partial charge in [0.15, 0.2) is 5.13 Å². The van der Waals surface area contributed by atoms with Crippen molar-refractivity contribution in [2.45, 2.75) is 26.7 Å². The van der Waals surface area contributed by atoms with E-state index in [4.69, 9.17) is 14.5 Å². The van der Waals surface area contributed by atoms with Crippen LogP contribution >= 0.6 is 11.3 Å². The standard InChI is InChI=1S/C22H29N5O3S/c1-14(7-8-23-20(28)12-29-3)9-17-13-31-22(27-17)26-16-5-6-18(19(10-16)30-4)21-24-11-15(2)25-21/h5-6,10-11,13-14H,7-9,12H2,1-4H3,(H,23,28)(H,24,25)(H,26,27)/t14-/m0/s1. The monoisotopic (exact) mass is 443 g/mol. The number of aryl methyl sites for hydroxylation is 1. The lowest BCUT2D eigenvalue weighted by molar-refractivity contribution is -0.124. The Morgan fingerprint density at radius 1 is 1.29 bits per heavy atom. The largest absolute Gasteiger partial charge is 0.496 e. The number of nitrogens with zero attached hydrogens (tertiary/aromatic N) is 2. The van der Waals surface area contributed by atoms with Crippen LogP contribution in [0.5, 0.6) is 5.75 Å². The molecule has 31 heavy (non-hydrogen) atoms. The van der Waals surface area contributed by atoms with Crippen LogP contribution in [0.3, 0.4) is 0 Å². The Balaban J connectivity index is 1.56. The normalized spacial score (nSPS) is 11.9. The predicted molar refractivity (Wildman–Crippen MR) is 123 cm³/mol. The quantitative estimate of drug-likeness (QED) is 0.415. The van der Waals surface area contributed by atoms with E-state index in [9.17, 15) is 4.79 Å². The fraction of sp³-hybridized carbons (Fsp3) is 0.409. The van der Waals surface area contributed by atoms with Crippen LogP contribution in [0.4, 0.5) is 10.8 Å². The zero-order valence-electron chi connectivity index (χ0n) is 18.3. The molecule has 0 bridgehead atoms. The second kappa shape index (κ2) is 10.9. The fourth-order valence-corrected chi connectivity index (χ4v) is 3.94. The summed E-state index contributed by atoms with van der Waals surface area (Å²) in [5.41, 5.74) is 3.78. The number of benzene rings is 1. The number of imidazole rings is 1. The Bertz CT molecular complexity index is 1000. The summed E-state index contributed by atoms with van der Waals surface area (Å²) in [7, 11) is 3.17. The molecule has 3 aromatic rings. The number of carbonyl (C=O) groups excluding carboxylic acids is 1. The highest BCUT2D eigenvalue weighted by Crippen LogP contribution is 2.32. The number of nitrogens with one attached hydrogen (secondary N) is 3. The van der Waals surface area contributed by atoms with Gasteiger partial charge in [-0.15, -0.1) is 11.3 Å². The summed E-state index contributed by atoms with van der Waals surface area (Å²) in [6.45, 7) is 4.85. The van der Waals surface area contributed by atoms with Crippen molar-refractivity contribution in [3.63, 3.8) is 0 Å². The average Bonchev–Trinajstić information content (AvgIpc) is 3.36. The van der Waals surface area contributed by atoms with E-state index in [1.54, 1.807) is 18.4 Å². The lowest BCUT2D eigenvalue weighted by Crippen LogP contribution is -2.29. The number of hydrogen-bond acceptors (Lipinski definition) is 7. The van der Waals surface area contributed by atoms with Crippen LogP contribution < -0.4 is 15.4 Å². The van der Waals surface area contributed by atoms with E-state index in [0.29, 0.717) is 12.5 Å². The van der Waals surface area contributed by atoms with Gasteiger partial charge in [-0.25, -0.2) is 9.97 Å². The first-order valence-electron chi connectivity index (χ1n) is 10.2.